The van der Waals surface area contributed by atoms with Gasteiger partial charge in [-0.05, 0) is 0 Å². The van der Waals surface area contributed by atoms with Crippen LogP contribution in [0.15, 0.2) is 0 Å². The number of rotatable bonds is 3. The van der Waals surface area contributed by atoms with Gasteiger partial charge in [0.05, 0.1) is 0 Å². The Morgan fingerprint density at radius 1 is 0.415 bits per heavy atom. The monoisotopic (exact) mass is 696 g/mol. The quantitative estimate of drug-likeness (QED) is 0.243. The Bertz CT molecular complexity index is 859. The standard InChI is InChI=1S/C12HF24O4P/c13-5(14,15)1(37,6(16,17)18)2(7(19,20)21,8(22,23)24)38-41-39-3(9(25,26)27,10(28,29)30)4(40-41,11(31,32)33)12(34,35)36/h37H. The first-order chi connectivity index (χ1) is 17.3. The van der Waals surface area contributed by atoms with Crippen molar-refractivity contribution < 1.29 is 124 Å². The van der Waals surface area contributed by atoms with Crippen LogP contribution in [0.2, 0.25) is 0 Å². The Morgan fingerprint density at radius 3 is 0.780 bits per heavy atom. The smallest absolute Gasteiger partial charge is 0.371 e. The molecule has 0 aromatic carbocycles. The summed E-state index contributed by atoms with van der Waals surface area (Å²) in [7, 11) is -7.23. The second-order valence-corrected chi connectivity index (χ2v) is 8.23. The van der Waals surface area contributed by atoms with Crippen LogP contribution in [0, 0.1) is 0 Å². The van der Waals surface area contributed by atoms with Crippen LogP contribution in [0.25, 0.3) is 0 Å². The number of alkyl halides is 24. The molecule has 0 bridgehead atoms. The van der Waals surface area contributed by atoms with Crippen molar-refractivity contribution in [3.05, 3.63) is 0 Å². The van der Waals surface area contributed by atoms with Gasteiger partial charge in [0.25, 0.3) is 0 Å². The summed E-state index contributed by atoms with van der Waals surface area (Å²) in [6.45, 7) is 0. The van der Waals surface area contributed by atoms with Gasteiger partial charge in [0.15, 0.2) is 0 Å². The SMILES string of the molecule is OC(C(F)(F)F)(C(F)(F)F)C(OP1OC(C(F)(F)F)(C(F)(F)F)C(C(F)(F)F)(C(F)(F)F)O1)(C(F)(F)F)C(F)(F)F. The van der Waals surface area contributed by atoms with Gasteiger partial charge >= 0.3 is 80.4 Å². The third-order valence-electron chi connectivity index (χ3n) is 4.86. The molecule has 0 spiro atoms. The van der Waals surface area contributed by atoms with E-state index in [0.29, 0.717) is 0 Å². The summed E-state index contributed by atoms with van der Waals surface area (Å²) in [5.41, 5.74) is -34.0. The van der Waals surface area contributed by atoms with Crippen molar-refractivity contribution >= 4 is 8.60 Å². The molecule has 1 N–H and O–H groups in total. The lowest BCUT2D eigenvalue weighted by molar-refractivity contribution is -0.490. The Kier molecular flexibility index (Phi) is 8.53. The fourth-order valence-corrected chi connectivity index (χ4v) is 4.94. The van der Waals surface area contributed by atoms with Gasteiger partial charge in [-0.2, -0.15) is 105 Å². The van der Waals surface area contributed by atoms with Crippen LogP contribution >= 0.6 is 8.60 Å². The molecular weight excluding hydrogens is 695 g/mol. The third-order valence-corrected chi connectivity index (χ3v) is 6.12. The van der Waals surface area contributed by atoms with E-state index in [4.69, 9.17) is 5.11 Å². The first-order valence-corrected chi connectivity index (χ1v) is 9.51. The summed E-state index contributed by atoms with van der Waals surface area (Å²) < 4.78 is 325. The molecule has 0 unspecified atom stereocenters. The molecule has 0 atom stereocenters. The summed E-state index contributed by atoms with van der Waals surface area (Å²) >= 11 is 0. The fourth-order valence-electron chi connectivity index (χ4n) is 3.15. The molecule has 41 heavy (non-hydrogen) atoms. The maximum atomic E-state index is 13.4. The van der Waals surface area contributed by atoms with Crippen molar-refractivity contribution in [1.82, 2.24) is 0 Å². The van der Waals surface area contributed by atoms with Crippen LogP contribution < -0.4 is 0 Å². The van der Waals surface area contributed by atoms with Crippen molar-refractivity contribution in [1.29, 1.82) is 0 Å². The third kappa shape index (κ3) is 4.81. The summed E-state index contributed by atoms with van der Waals surface area (Å²) in [6.07, 6.45) is -67.8. The van der Waals surface area contributed by atoms with E-state index in [1.54, 1.807) is 0 Å². The first-order valence-electron chi connectivity index (χ1n) is 8.42. The van der Waals surface area contributed by atoms with Gasteiger partial charge in [-0.3, -0.25) is 13.6 Å². The molecule has 0 aromatic rings. The molecule has 4 nitrogen and oxygen atoms in total. The van der Waals surface area contributed by atoms with Gasteiger partial charge in [-0.25, -0.2) is 0 Å². The van der Waals surface area contributed by atoms with Crippen molar-refractivity contribution in [2.75, 3.05) is 0 Å². The highest BCUT2D eigenvalue weighted by atomic mass is 31.2. The molecule has 0 amide bonds. The van der Waals surface area contributed by atoms with E-state index in [0.717, 1.165) is 0 Å². The van der Waals surface area contributed by atoms with Crippen LogP contribution in [0.1, 0.15) is 0 Å². The Hall–Kier alpha value is -1.41. The Morgan fingerprint density at radius 2 is 0.634 bits per heavy atom. The molecule has 0 saturated carbocycles. The van der Waals surface area contributed by atoms with E-state index >= 15 is 0 Å². The summed E-state index contributed by atoms with van der Waals surface area (Å²) in [6, 6.07) is 0. The van der Waals surface area contributed by atoms with E-state index in [1.807, 2.05) is 4.52 Å². The van der Waals surface area contributed by atoms with Gasteiger partial charge < -0.3 is 5.11 Å². The summed E-state index contributed by atoms with van der Waals surface area (Å²) in [5.74, 6) is 0. The van der Waals surface area contributed by atoms with Gasteiger partial charge in [0.2, 0.25) is 0 Å². The van der Waals surface area contributed by atoms with E-state index < -0.39 is 80.4 Å². The zero-order valence-electron chi connectivity index (χ0n) is 17.2. The van der Waals surface area contributed by atoms with Gasteiger partial charge in [0, 0.05) is 0 Å². The zero-order chi connectivity index (χ0) is 33.7. The maximum Gasteiger partial charge on any atom is 0.430 e. The lowest BCUT2D eigenvalue weighted by Gasteiger charge is -2.48. The molecule has 1 saturated heterocycles. The van der Waals surface area contributed by atoms with E-state index in [2.05, 4.69) is 9.05 Å². The lowest BCUT2D eigenvalue weighted by atomic mass is 9.79. The van der Waals surface area contributed by atoms with Crippen LogP contribution in [0.3, 0.4) is 0 Å². The number of hydrogen-bond acceptors (Lipinski definition) is 4. The van der Waals surface area contributed by atoms with Crippen LogP contribution in [-0.2, 0) is 13.6 Å². The predicted octanol–water partition coefficient (Wildman–Crippen LogP) is 7.72. The van der Waals surface area contributed by atoms with Gasteiger partial charge in [0.1, 0.15) is 0 Å². The van der Waals surface area contributed by atoms with Gasteiger partial charge in [-0.1, -0.05) is 0 Å². The van der Waals surface area contributed by atoms with Crippen LogP contribution in [0.5, 0.6) is 0 Å². The Labute approximate surface area is 206 Å². The highest BCUT2D eigenvalue weighted by Crippen LogP contribution is 2.77. The highest BCUT2D eigenvalue weighted by molar-refractivity contribution is 7.42. The van der Waals surface area contributed by atoms with Crippen LogP contribution in [-0.4, -0.2) is 76.9 Å². The molecule has 1 fully saturated rings. The highest BCUT2D eigenvalue weighted by Gasteiger charge is 3.02. The summed E-state index contributed by atoms with van der Waals surface area (Å²) in [5, 5.41) is 8.82. The normalized spacial score (nSPS) is 21.0. The molecule has 29 heteroatoms. The largest absolute Gasteiger partial charge is 0.430 e. The molecule has 0 radical (unpaired) electrons. The number of hydrogen-bond donors (Lipinski definition) is 1. The van der Waals surface area contributed by atoms with Crippen molar-refractivity contribution in [3.8, 4) is 0 Å². The van der Waals surface area contributed by atoms with Crippen LogP contribution in [0.4, 0.5) is 105 Å². The average Bonchev–Trinajstić information content (AvgIpc) is 2.99. The van der Waals surface area contributed by atoms with E-state index in [9.17, 15) is 105 Å². The zero-order valence-corrected chi connectivity index (χ0v) is 18.1. The molecule has 0 aromatic heterocycles. The Balaban J connectivity index is 4.46. The minimum Gasteiger partial charge on any atom is -0.371 e. The molecule has 1 aliphatic rings. The number of aliphatic hydroxyl groups is 1. The van der Waals surface area contributed by atoms with Crippen molar-refractivity contribution in [3.63, 3.8) is 0 Å². The average molecular weight is 696 g/mol. The molecule has 246 valence electrons. The van der Waals surface area contributed by atoms with Crippen molar-refractivity contribution in [2.45, 2.75) is 71.8 Å². The number of halogens is 24. The van der Waals surface area contributed by atoms with E-state index in [1.165, 1.54) is 0 Å². The lowest BCUT2D eigenvalue weighted by Crippen LogP contribution is -2.81. The van der Waals surface area contributed by atoms with Gasteiger partial charge in [-0.15, -0.1) is 0 Å². The second kappa shape index (κ2) is 9.30. The first kappa shape index (κ1) is 37.6. The predicted molar refractivity (Wildman–Crippen MR) is 71.8 cm³/mol. The fraction of sp³-hybridized carbons (Fsp3) is 1.00. The van der Waals surface area contributed by atoms with Crippen molar-refractivity contribution in [2.24, 2.45) is 0 Å². The molecule has 1 aliphatic heterocycles. The molecule has 1 rings (SSSR count). The summed E-state index contributed by atoms with van der Waals surface area (Å²) in [4.78, 5) is 0. The topological polar surface area (TPSA) is 47.9 Å². The maximum absolute atomic E-state index is 13.4. The minimum absolute atomic E-state index is 1.92. The molecule has 0 aliphatic carbocycles. The van der Waals surface area contributed by atoms with E-state index in [-0.39, 0.29) is 0 Å². The molecule has 1 heterocycles. The second-order valence-electron chi connectivity index (χ2n) is 7.23. The molecular formula is C12HF24O4P. The minimum atomic E-state index is -8.79.